The molecule has 0 fully saturated rings. The number of hydrogen-bond acceptors (Lipinski definition) is 6. The van der Waals surface area contributed by atoms with Crippen LogP contribution in [0.1, 0.15) is 22.8 Å². The lowest BCUT2D eigenvalue weighted by atomic mass is 10.2. The van der Waals surface area contributed by atoms with Crippen LogP contribution in [-0.2, 0) is 19.6 Å². The van der Waals surface area contributed by atoms with Crippen molar-refractivity contribution in [3.05, 3.63) is 59.7 Å². The maximum absolute atomic E-state index is 12.2. The number of ether oxygens (including phenoxy) is 1. The summed E-state index contributed by atoms with van der Waals surface area (Å²) < 4.78 is 30.3. The fraction of sp³-hybridized carbons (Fsp3) is 0.211. The number of benzene rings is 2. The molecule has 0 bridgehead atoms. The third-order valence-electron chi connectivity index (χ3n) is 3.83. The molecule has 1 atom stereocenters. The van der Waals surface area contributed by atoms with Crippen LogP contribution in [0.3, 0.4) is 0 Å². The van der Waals surface area contributed by atoms with Gasteiger partial charge in [-0.15, -0.1) is 0 Å². The third-order valence-corrected chi connectivity index (χ3v) is 5.66. The van der Waals surface area contributed by atoms with Crippen LogP contribution >= 0.6 is 0 Å². The Kier molecular flexibility index (Phi) is 6.51. The molecule has 0 aliphatic carbocycles. The van der Waals surface area contributed by atoms with E-state index in [9.17, 15) is 18.0 Å². The number of hydrogen-bond donors (Lipinski definition) is 1. The van der Waals surface area contributed by atoms with Gasteiger partial charge in [0.2, 0.25) is 10.0 Å². The van der Waals surface area contributed by atoms with E-state index in [0.29, 0.717) is 5.69 Å². The van der Waals surface area contributed by atoms with E-state index in [-0.39, 0.29) is 16.0 Å². The summed E-state index contributed by atoms with van der Waals surface area (Å²) in [5.41, 5.74) is 0.706. The van der Waals surface area contributed by atoms with Gasteiger partial charge in [-0.25, -0.2) is 17.5 Å². The van der Waals surface area contributed by atoms with E-state index in [0.717, 1.165) is 4.31 Å². The maximum Gasteiger partial charge on any atom is 0.338 e. The lowest BCUT2D eigenvalue weighted by Gasteiger charge is -2.15. The standard InChI is InChI=1S/C19H19N3O5S/c1-13(18(23)21-17-7-5-4-6-15(17)12-20)27-19(24)14-8-10-16(11-9-14)28(25,26)22(2)3/h4-11,13H,1-3H3,(H,21,23)/t13-/m1/s1. The number of carbonyl (C=O) groups is 2. The fourth-order valence-corrected chi connectivity index (χ4v) is 3.08. The number of nitriles is 1. The van der Waals surface area contributed by atoms with E-state index in [1.807, 2.05) is 6.07 Å². The minimum Gasteiger partial charge on any atom is -0.449 e. The first-order valence-corrected chi connectivity index (χ1v) is 9.64. The van der Waals surface area contributed by atoms with Crippen molar-refractivity contribution in [2.24, 2.45) is 0 Å². The van der Waals surface area contributed by atoms with Gasteiger partial charge in [-0.1, -0.05) is 12.1 Å². The molecule has 2 aromatic rings. The molecule has 2 aromatic carbocycles. The summed E-state index contributed by atoms with van der Waals surface area (Å²) in [6, 6.07) is 13.6. The Balaban J connectivity index is 2.06. The van der Waals surface area contributed by atoms with Gasteiger partial charge in [0, 0.05) is 14.1 Å². The maximum atomic E-state index is 12.2. The van der Waals surface area contributed by atoms with Gasteiger partial charge < -0.3 is 10.1 Å². The van der Waals surface area contributed by atoms with Crippen LogP contribution in [0.2, 0.25) is 0 Å². The van der Waals surface area contributed by atoms with E-state index in [1.165, 1.54) is 45.3 Å². The van der Waals surface area contributed by atoms with Gasteiger partial charge in [0.1, 0.15) is 6.07 Å². The molecule has 146 valence electrons. The van der Waals surface area contributed by atoms with Gasteiger partial charge in [0.25, 0.3) is 5.91 Å². The lowest BCUT2D eigenvalue weighted by molar-refractivity contribution is -0.123. The van der Waals surface area contributed by atoms with Crippen molar-refractivity contribution >= 4 is 27.6 Å². The molecular formula is C19H19N3O5S. The Bertz CT molecular complexity index is 1020. The van der Waals surface area contributed by atoms with Crippen molar-refractivity contribution in [1.82, 2.24) is 4.31 Å². The summed E-state index contributed by atoms with van der Waals surface area (Å²) in [5, 5.41) is 11.6. The highest BCUT2D eigenvalue weighted by atomic mass is 32.2. The zero-order valence-electron chi connectivity index (χ0n) is 15.5. The highest BCUT2D eigenvalue weighted by Gasteiger charge is 2.21. The number of para-hydroxylation sites is 1. The summed E-state index contributed by atoms with van der Waals surface area (Å²) in [5.74, 6) is -1.37. The number of esters is 1. The zero-order chi connectivity index (χ0) is 20.9. The molecule has 0 aliphatic rings. The van der Waals surface area contributed by atoms with Crippen molar-refractivity contribution < 1.29 is 22.7 Å². The van der Waals surface area contributed by atoms with E-state index in [4.69, 9.17) is 10.00 Å². The largest absolute Gasteiger partial charge is 0.449 e. The molecule has 9 heteroatoms. The second kappa shape index (κ2) is 8.65. The number of anilines is 1. The molecule has 0 saturated heterocycles. The van der Waals surface area contributed by atoms with Gasteiger partial charge in [-0.3, -0.25) is 4.79 Å². The molecule has 0 saturated carbocycles. The summed E-state index contributed by atoms with van der Waals surface area (Å²) in [7, 11) is -0.796. The number of rotatable bonds is 6. The van der Waals surface area contributed by atoms with Gasteiger partial charge in [-0.05, 0) is 43.3 Å². The number of carbonyl (C=O) groups excluding carboxylic acids is 2. The van der Waals surface area contributed by atoms with Gasteiger partial charge in [0.15, 0.2) is 6.10 Å². The van der Waals surface area contributed by atoms with E-state index >= 15 is 0 Å². The highest BCUT2D eigenvalue weighted by Crippen LogP contribution is 2.16. The lowest BCUT2D eigenvalue weighted by Crippen LogP contribution is -2.30. The van der Waals surface area contributed by atoms with E-state index in [1.54, 1.807) is 24.3 Å². The Labute approximate surface area is 163 Å². The molecule has 0 spiro atoms. The zero-order valence-corrected chi connectivity index (χ0v) is 16.4. The first-order valence-electron chi connectivity index (χ1n) is 8.20. The van der Waals surface area contributed by atoms with Gasteiger partial charge in [-0.2, -0.15) is 5.26 Å². The van der Waals surface area contributed by atoms with Crippen molar-refractivity contribution in [2.45, 2.75) is 17.9 Å². The minimum atomic E-state index is -3.61. The van der Waals surface area contributed by atoms with Crippen LogP contribution in [0.25, 0.3) is 0 Å². The van der Waals surface area contributed by atoms with Gasteiger partial charge in [0.05, 0.1) is 21.7 Å². The molecular weight excluding hydrogens is 382 g/mol. The molecule has 2 rings (SSSR count). The molecule has 8 nitrogen and oxygen atoms in total. The number of amides is 1. The van der Waals surface area contributed by atoms with Crippen molar-refractivity contribution in [1.29, 1.82) is 5.26 Å². The van der Waals surface area contributed by atoms with Crippen LogP contribution in [-0.4, -0.2) is 44.8 Å². The molecule has 0 radical (unpaired) electrons. The van der Waals surface area contributed by atoms with Crippen molar-refractivity contribution in [2.75, 3.05) is 19.4 Å². The molecule has 0 aliphatic heterocycles. The molecule has 0 heterocycles. The second-order valence-corrected chi connectivity index (χ2v) is 8.16. The quantitative estimate of drug-likeness (QED) is 0.740. The first-order chi connectivity index (χ1) is 13.2. The van der Waals surface area contributed by atoms with E-state index < -0.39 is 28.0 Å². The molecule has 0 aromatic heterocycles. The Morgan fingerprint density at radius 1 is 1.11 bits per heavy atom. The summed E-state index contributed by atoms with van der Waals surface area (Å²) >= 11 is 0. The van der Waals surface area contributed by atoms with Crippen LogP contribution in [0, 0.1) is 11.3 Å². The summed E-state index contributed by atoms with van der Waals surface area (Å²) in [6.45, 7) is 1.40. The van der Waals surface area contributed by atoms with E-state index in [2.05, 4.69) is 5.32 Å². The summed E-state index contributed by atoms with van der Waals surface area (Å²) in [6.07, 6.45) is -1.12. The Morgan fingerprint density at radius 3 is 2.29 bits per heavy atom. The molecule has 28 heavy (non-hydrogen) atoms. The fourth-order valence-electron chi connectivity index (χ4n) is 2.18. The number of nitrogens with zero attached hydrogens (tertiary/aromatic N) is 2. The monoisotopic (exact) mass is 401 g/mol. The van der Waals surface area contributed by atoms with Gasteiger partial charge >= 0.3 is 5.97 Å². The topological polar surface area (TPSA) is 117 Å². The third kappa shape index (κ3) is 4.73. The Morgan fingerprint density at radius 2 is 1.71 bits per heavy atom. The van der Waals surface area contributed by atoms with Crippen LogP contribution in [0.5, 0.6) is 0 Å². The summed E-state index contributed by atoms with van der Waals surface area (Å²) in [4.78, 5) is 24.5. The second-order valence-electron chi connectivity index (χ2n) is 6.01. The molecule has 1 amide bonds. The van der Waals surface area contributed by atoms with Crippen LogP contribution in [0.15, 0.2) is 53.4 Å². The average molecular weight is 401 g/mol. The molecule has 1 N–H and O–H groups in total. The van der Waals surface area contributed by atoms with Crippen molar-refractivity contribution in [3.8, 4) is 6.07 Å². The smallest absolute Gasteiger partial charge is 0.338 e. The van der Waals surface area contributed by atoms with Crippen molar-refractivity contribution in [3.63, 3.8) is 0 Å². The predicted octanol–water partition coefficient (Wildman–Crippen LogP) is 1.99. The predicted molar refractivity (Wildman–Crippen MR) is 102 cm³/mol. The average Bonchev–Trinajstić information content (AvgIpc) is 2.68. The van der Waals surface area contributed by atoms with Crippen LogP contribution in [0.4, 0.5) is 5.69 Å². The first kappa shape index (κ1) is 21.1. The number of nitrogens with one attached hydrogen (secondary N) is 1. The Hall–Kier alpha value is -3.22. The van der Waals surface area contributed by atoms with Crippen LogP contribution < -0.4 is 5.32 Å². The minimum absolute atomic E-state index is 0.0351. The number of sulfonamides is 1. The highest BCUT2D eigenvalue weighted by molar-refractivity contribution is 7.89. The normalized spacial score (nSPS) is 12.1. The SMILES string of the molecule is C[C@@H](OC(=O)c1ccc(S(=O)(=O)N(C)C)cc1)C(=O)Nc1ccccc1C#N. The molecule has 0 unspecified atom stereocenters.